The summed E-state index contributed by atoms with van der Waals surface area (Å²) >= 11 is 5.84. The standard InChI is InChI=1S/C11H15ClN2/c12-9-5-3-8(4-6-9)11-10(13)2-1-7-14-11/h3-6,10-11,14H,1-2,7,13H2. The molecule has 1 saturated heterocycles. The minimum Gasteiger partial charge on any atom is -0.326 e. The van der Waals surface area contributed by atoms with E-state index in [1.165, 1.54) is 12.0 Å². The summed E-state index contributed by atoms with van der Waals surface area (Å²) in [5.41, 5.74) is 7.29. The Morgan fingerprint density at radius 2 is 2.00 bits per heavy atom. The van der Waals surface area contributed by atoms with Crippen LogP contribution in [0.4, 0.5) is 0 Å². The summed E-state index contributed by atoms with van der Waals surface area (Å²) < 4.78 is 0. The van der Waals surface area contributed by atoms with E-state index >= 15 is 0 Å². The molecule has 0 spiro atoms. The molecule has 2 unspecified atom stereocenters. The van der Waals surface area contributed by atoms with Gasteiger partial charge >= 0.3 is 0 Å². The summed E-state index contributed by atoms with van der Waals surface area (Å²) in [5.74, 6) is 0. The zero-order chi connectivity index (χ0) is 9.97. The van der Waals surface area contributed by atoms with Gasteiger partial charge in [-0.05, 0) is 37.1 Å². The summed E-state index contributed by atoms with van der Waals surface area (Å²) in [6, 6.07) is 8.45. The molecule has 2 rings (SSSR count). The van der Waals surface area contributed by atoms with Crippen molar-refractivity contribution in [3.8, 4) is 0 Å². The smallest absolute Gasteiger partial charge is 0.0473 e. The van der Waals surface area contributed by atoms with Crippen molar-refractivity contribution < 1.29 is 0 Å². The van der Waals surface area contributed by atoms with E-state index in [1.807, 2.05) is 24.3 Å². The summed E-state index contributed by atoms with van der Waals surface area (Å²) in [6.45, 7) is 1.06. The topological polar surface area (TPSA) is 38.0 Å². The number of hydrogen-bond donors (Lipinski definition) is 2. The van der Waals surface area contributed by atoms with E-state index in [4.69, 9.17) is 17.3 Å². The number of nitrogens with one attached hydrogen (secondary N) is 1. The molecule has 76 valence electrons. The van der Waals surface area contributed by atoms with Gasteiger partial charge in [0.05, 0.1) is 0 Å². The monoisotopic (exact) mass is 210 g/mol. The molecule has 0 aromatic heterocycles. The van der Waals surface area contributed by atoms with Crippen molar-refractivity contribution in [2.75, 3.05) is 6.54 Å². The summed E-state index contributed by atoms with van der Waals surface area (Å²) in [6.07, 6.45) is 2.27. The maximum Gasteiger partial charge on any atom is 0.0473 e. The van der Waals surface area contributed by atoms with Gasteiger partial charge in [-0.25, -0.2) is 0 Å². The maximum atomic E-state index is 6.05. The van der Waals surface area contributed by atoms with Crippen molar-refractivity contribution >= 4 is 11.6 Å². The van der Waals surface area contributed by atoms with Crippen LogP contribution in [0, 0.1) is 0 Å². The van der Waals surface area contributed by atoms with Crippen LogP contribution in [0.3, 0.4) is 0 Å². The Morgan fingerprint density at radius 1 is 1.29 bits per heavy atom. The van der Waals surface area contributed by atoms with E-state index in [0.29, 0.717) is 6.04 Å². The lowest BCUT2D eigenvalue weighted by Crippen LogP contribution is -2.42. The van der Waals surface area contributed by atoms with E-state index in [9.17, 15) is 0 Å². The summed E-state index contributed by atoms with van der Waals surface area (Å²) in [4.78, 5) is 0. The Balaban J connectivity index is 2.16. The lowest BCUT2D eigenvalue weighted by atomic mass is 9.93. The second-order valence-electron chi connectivity index (χ2n) is 3.79. The normalized spacial score (nSPS) is 27.6. The van der Waals surface area contributed by atoms with Crippen molar-refractivity contribution in [1.29, 1.82) is 0 Å². The fraction of sp³-hybridized carbons (Fsp3) is 0.455. The van der Waals surface area contributed by atoms with Crippen LogP contribution >= 0.6 is 11.6 Å². The van der Waals surface area contributed by atoms with Crippen LogP contribution in [0.2, 0.25) is 5.02 Å². The van der Waals surface area contributed by atoms with Gasteiger partial charge in [-0.2, -0.15) is 0 Å². The number of benzene rings is 1. The molecule has 0 aliphatic carbocycles. The van der Waals surface area contributed by atoms with Crippen molar-refractivity contribution in [3.63, 3.8) is 0 Å². The number of hydrogen-bond acceptors (Lipinski definition) is 2. The molecular weight excluding hydrogens is 196 g/mol. The van der Waals surface area contributed by atoms with Crippen molar-refractivity contribution in [1.82, 2.24) is 5.32 Å². The van der Waals surface area contributed by atoms with Gasteiger partial charge in [0.1, 0.15) is 0 Å². The Bertz CT molecular complexity index is 297. The average Bonchev–Trinajstić information content (AvgIpc) is 2.20. The predicted octanol–water partition coefficient (Wildman–Crippen LogP) is 2.09. The van der Waals surface area contributed by atoms with E-state index in [0.717, 1.165) is 18.0 Å². The molecule has 1 aromatic rings. The Morgan fingerprint density at radius 3 is 2.64 bits per heavy atom. The van der Waals surface area contributed by atoms with Crippen LogP contribution in [0.1, 0.15) is 24.4 Å². The van der Waals surface area contributed by atoms with Gasteiger partial charge in [-0.15, -0.1) is 0 Å². The first-order valence-corrected chi connectivity index (χ1v) is 5.39. The fourth-order valence-electron chi connectivity index (χ4n) is 1.95. The minimum absolute atomic E-state index is 0.227. The molecule has 0 radical (unpaired) electrons. The van der Waals surface area contributed by atoms with Crippen molar-refractivity contribution in [2.45, 2.75) is 24.9 Å². The van der Waals surface area contributed by atoms with E-state index in [-0.39, 0.29) is 6.04 Å². The molecule has 14 heavy (non-hydrogen) atoms. The zero-order valence-corrected chi connectivity index (χ0v) is 8.80. The molecule has 3 heteroatoms. The minimum atomic E-state index is 0.227. The van der Waals surface area contributed by atoms with Gasteiger partial charge in [0.25, 0.3) is 0 Å². The van der Waals surface area contributed by atoms with Gasteiger partial charge in [0, 0.05) is 17.1 Å². The number of nitrogens with two attached hydrogens (primary N) is 1. The molecule has 2 atom stereocenters. The molecular formula is C11H15ClN2. The molecule has 2 nitrogen and oxygen atoms in total. The highest BCUT2D eigenvalue weighted by Crippen LogP contribution is 2.23. The highest BCUT2D eigenvalue weighted by molar-refractivity contribution is 6.30. The summed E-state index contributed by atoms with van der Waals surface area (Å²) in [5, 5.41) is 4.21. The Labute approximate surface area is 89.4 Å². The number of rotatable bonds is 1. The van der Waals surface area contributed by atoms with Gasteiger partial charge in [-0.3, -0.25) is 0 Å². The first-order chi connectivity index (χ1) is 6.77. The Hall–Kier alpha value is -0.570. The fourth-order valence-corrected chi connectivity index (χ4v) is 2.07. The second kappa shape index (κ2) is 4.30. The summed E-state index contributed by atoms with van der Waals surface area (Å²) in [7, 11) is 0. The molecule has 1 aliphatic heterocycles. The maximum absolute atomic E-state index is 6.05. The van der Waals surface area contributed by atoms with Crippen LogP contribution in [0.25, 0.3) is 0 Å². The van der Waals surface area contributed by atoms with Crippen LogP contribution in [-0.2, 0) is 0 Å². The van der Waals surface area contributed by atoms with Crippen molar-refractivity contribution in [3.05, 3.63) is 34.9 Å². The largest absolute Gasteiger partial charge is 0.326 e. The second-order valence-corrected chi connectivity index (χ2v) is 4.23. The molecule has 1 heterocycles. The van der Waals surface area contributed by atoms with Crippen LogP contribution < -0.4 is 11.1 Å². The molecule has 0 bridgehead atoms. The van der Waals surface area contributed by atoms with E-state index in [1.54, 1.807) is 0 Å². The highest BCUT2D eigenvalue weighted by Gasteiger charge is 2.22. The van der Waals surface area contributed by atoms with Gasteiger partial charge in [-0.1, -0.05) is 23.7 Å². The number of halogens is 1. The SMILES string of the molecule is NC1CCCNC1c1ccc(Cl)cc1. The van der Waals surface area contributed by atoms with Gasteiger partial charge in [0.2, 0.25) is 0 Å². The molecule has 0 saturated carbocycles. The third-order valence-corrected chi connectivity index (χ3v) is 2.99. The predicted molar refractivity (Wildman–Crippen MR) is 59.4 cm³/mol. The first kappa shape index (κ1) is 9.97. The van der Waals surface area contributed by atoms with E-state index in [2.05, 4.69) is 5.32 Å². The number of piperidine rings is 1. The van der Waals surface area contributed by atoms with Gasteiger partial charge in [0.15, 0.2) is 0 Å². The van der Waals surface area contributed by atoms with Crippen molar-refractivity contribution in [2.24, 2.45) is 5.73 Å². The lowest BCUT2D eigenvalue weighted by molar-refractivity contribution is 0.358. The highest BCUT2D eigenvalue weighted by atomic mass is 35.5. The van der Waals surface area contributed by atoms with Crippen LogP contribution in [0.15, 0.2) is 24.3 Å². The third-order valence-electron chi connectivity index (χ3n) is 2.74. The van der Waals surface area contributed by atoms with Gasteiger partial charge < -0.3 is 11.1 Å². The molecule has 3 N–H and O–H groups in total. The zero-order valence-electron chi connectivity index (χ0n) is 8.04. The lowest BCUT2D eigenvalue weighted by Gasteiger charge is -2.30. The third kappa shape index (κ3) is 2.08. The Kier molecular flexibility index (Phi) is 3.06. The van der Waals surface area contributed by atoms with E-state index < -0.39 is 0 Å². The first-order valence-electron chi connectivity index (χ1n) is 5.02. The quantitative estimate of drug-likeness (QED) is 0.745. The van der Waals surface area contributed by atoms with Crippen LogP contribution in [0.5, 0.6) is 0 Å². The molecule has 1 aromatic carbocycles. The van der Waals surface area contributed by atoms with Crippen LogP contribution in [-0.4, -0.2) is 12.6 Å². The average molecular weight is 211 g/mol. The molecule has 1 fully saturated rings. The molecule has 0 amide bonds. The molecule has 1 aliphatic rings.